The van der Waals surface area contributed by atoms with Crippen molar-refractivity contribution in [1.29, 1.82) is 0 Å². The fraction of sp³-hybridized carbons (Fsp3) is 1.00. The summed E-state index contributed by atoms with van der Waals surface area (Å²) in [5, 5.41) is 0. The van der Waals surface area contributed by atoms with E-state index in [1.54, 1.807) is 0 Å². The second-order valence-electron chi connectivity index (χ2n) is 0.735. The summed E-state index contributed by atoms with van der Waals surface area (Å²) in [6.45, 7) is 1.88. The summed E-state index contributed by atoms with van der Waals surface area (Å²) in [7, 11) is 7.67. The molecule has 0 saturated heterocycles. The zero-order chi connectivity index (χ0) is 4.99. The highest BCUT2D eigenvalue weighted by molar-refractivity contribution is 8.85. The second-order valence-corrected chi connectivity index (χ2v) is 3.90. The van der Waals surface area contributed by atoms with Gasteiger partial charge in [-0.2, -0.15) is 10.6 Å². The molecule has 6 heavy (non-hydrogen) atoms. The quantitative estimate of drug-likeness (QED) is 0.325. The molecule has 0 aromatic heterocycles. The molecule has 0 saturated carbocycles. The van der Waals surface area contributed by atoms with E-state index in [1.807, 2.05) is 6.92 Å². The molecule has 0 spiro atoms. The number of alkyl halides is 1. The third kappa shape index (κ3) is 5.05. The van der Waals surface area contributed by atoms with Gasteiger partial charge in [-0.1, -0.05) is 10.8 Å². The van der Waals surface area contributed by atoms with Crippen molar-refractivity contribution in [1.82, 2.24) is 0 Å². The SMILES string of the molecule is [B]SSC(C)Cl. The predicted octanol–water partition coefficient (Wildman–Crippen LogP) is 2.04. The third-order valence-electron chi connectivity index (χ3n) is 0.188. The first-order valence-corrected chi connectivity index (χ1v) is 4.15. The summed E-state index contributed by atoms with van der Waals surface area (Å²) >= 11 is 5.44. The lowest BCUT2D eigenvalue weighted by Crippen LogP contribution is -1.72. The van der Waals surface area contributed by atoms with E-state index in [9.17, 15) is 0 Å². The molecule has 0 aromatic carbocycles. The van der Waals surface area contributed by atoms with Gasteiger partial charge in [-0.25, -0.2) is 0 Å². The highest BCUT2D eigenvalue weighted by Crippen LogP contribution is 2.24. The first-order chi connectivity index (χ1) is 2.77. The molecule has 0 aliphatic carbocycles. The normalized spacial score (nSPS) is 14.3. The van der Waals surface area contributed by atoms with Gasteiger partial charge >= 0.3 is 0 Å². The molecular formula is C2H4BClS2. The average Bonchev–Trinajstić information content (AvgIpc) is 1.35. The van der Waals surface area contributed by atoms with Crippen LogP contribution in [0.3, 0.4) is 0 Å². The third-order valence-corrected chi connectivity index (χ3v) is 2.35. The lowest BCUT2D eigenvalue weighted by molar-refractivity contribution is 1.42. The minimum Gasteiger partial charge on any atom is -0.162 e. The van der Waals surface area contributed by atoms with Gasteiger partial charge in [0.05, 0.1) is 4.71 Å². The zero-order valence-electron chi connectivity index (χ0n) is 3.35. The van der Waals surface area contributed by atoms with E-state index in [1.165, 1.54) is 21.4 Å². The maximum atomic E-state index is 5.44. The van der Waals surface area contributed by atoms with E-state index in [4.69, 9.17) is 18.7 Å². The van der Waals surface area contributed by atoms with Gasteiger partial charge in [-0.15, -0.1) is 11.6 Å². The summed E-state index contributed by atoms with van der Waals surface area (Å²) in [5.41, 5.74) is 0. The van der Waals surface area contributed by atoms with Gasteiger partial charge in [0.2, 0.25) is 0 Å². The zero-order valence-corrected chi connectivity index (χ0v) is 5.74. The van der Waals surface area contributed by atoms with Crippen LogP contribution in [-0.4, -0.2) is 11.8 Å². The van der Waals surface area contributed by atoms with Crippen molar-refractivity contribution < 1.29 is 0 Å². The standard InChI is InChI=1S/C2H4BClS2/c1-2(4)5-6-3/h2H,1H3. The first-order valence-electron chi connectivity index (χ1n) is 1.43. The summed E-state index contributed by atoms with van der Waals surface area (Å²) in [5.74, 6) is 0. The Bertz CT molecular complexity index is 32.7. The maximum absolute atomic E-state index is 5.44. The molecule has 0 aliphatic heterocycles. The van der Waals surface area contributed by atoms with Crippen LogP contribution >= 0.6 is 33.0 Å². The molecule has 0 aliphatic rings. The first kappa shape index (κ1) is 7.05. The Morgan fingerprint density at radius 2 is 2.33 bits per heavy atom. The van der Waals surface area contributed by atoms with E-state index < -0.39 is 0 Å². The van der Waals surface area contributed by atoms with Crippen molar-refractivity contribution in [3.63, 3.8) is 0 Å². The fourth-order valence-corrected chi connectivity index (χ4v) is 1.07. The van der Waals surface area contributed by atoms with Crippen molar-refractivity contribution in [2.75, 3.05) is 0 Å². The molecule has 0 heterocycles. The molecule has 1 unspecified atom stereocenters. The van der Waals surface area contributed by atoms with Crippen LogP contribution in [0, 0.1) is 0 Å². The van der Waals surface area contributed by atoms with Gasteiger partial charge < -0.3 is 0 Å². The maximum Gasteiger partial charge on any atom is 0.177 e. The number of hydrogen-bond acceptors (Lipinski definition) is 2. The van der Waals surface area contributed by atoms with Crippen LogP contribution in [0.1, 0.15) is 6.92 Å². The summed E-state index contributed by atoms with van der Waals surface area (Å²) < 4.78 is 0.125. The molecule has 0 fully saturated rings. The van der Waals surface area contributed by atoms with Crippen LogP contribution in [0.25, 0.3) is 0 Å². The molecule has 34 valence electrons. The van der Waals surface area contributed by atoms with E-state index in [0.717, 1.165) is 0 Å². The monoisotopic (exact) mass is 138 g/mol. The number of rotatable bonds is 2. The van der Waals surface area contributed by atoms with Gasteiger partial charge in [0.15, 0.2) is 7.12 Å². The molecule has 0 aromatic rings. The Morgan fingerprint density at radius 1 is 1.83 bits per heavy atom. The van der Waals surface area contributed by atoms with E-state index in [0.29, 0.717) is 0 Å². The molecule has 1 atom stereocenters. The average molecular weight is 138 g/mol. The van der Waals surface area contributed by atoms with Gasteiger partial charge in [0.1, 0.15) is 0 Å². The Kier molecular flexibility index (Phi) is 4.96. The van der Waals surface area contributed by atoms with Crippen molar-refractivity contribution in [2.24, 2.45) is 0 Å². The van der Waals surface area contributed by atoms with E-state index in [-0.39, 0.29) is 4.71 Å². The smallest absolute Gasteiger partial charge is 0.162 e. The molecule has 0 amide bonds. The summed E-state index contributed by atoms with van der Waals surface area (Å²) in [4.78, 5) is 0. The van der Waals surface area contributed by atoms with Crippen LogP contribution in [-0.2, 0) is 0 Å². The van der Waals surface area contributed by atoms with Crippen molar-refractivity contribution >= 4 is 40.2 Å². The Labute approximate surface area is 52.1 Å². The highest BCUT2D eigenvalue weighted by Gasteiger charge is 1.89. The molecular weight excluding hydrogens is 134 g/mol. The van der Waals surface area contributed by atoms with Crippen molar-refractivity contribution in [3.05, 3.63) is 0 Å². The molecule has 0 nitrogen and oxygen atoms in total. The van der Waals surface area contributed by atoms with Crippen LogP contribution in [0.2, 0.25) is 0 Å². The van der Waals surface area contributed by atoms with Crippen molar-refractivity contribution in [3.8, 4) is 0 Å². The topological polar surface area (TPSA) is 0 Å². The minimum atomic E-state index is 0.125. The number of hydrogen-bond donors (Lipinski definition) is 0. The minimum absolute atomic E-state index is 0.125. The molecule has 0 bridgehead atoms. The van der Waals surface area contributed by atoms with Crippen molar-refractivity contribution in [2.45, 2.75) is 11.6 Å². The molecule has 4 heteroatoms. The molecule has 0 N–H and O–H groups in total. The Hall–Kier alpha value is 1.05. The van der Waals surface area contributed by atoms with Crippen LogP contribution < -0.4 is 0 Å². The summed E-state index contributed by atoms with van der Waals surface area (Å²) in [6.07, 6.45) is 0. The van der Waals surface area contributed by atoms with Gasteiger partial charge in [0.25, 0.3) is 0 Å². The van der Waals surface area contributed by atoms with Gasteiger partial charge in [0, 0.05) is 0 Å². The van der Waals surface area contributed by atoms with Gasteiger partial charge in [-0.05, 0) is 6.92 Å². The second kappa shape index (κ2) is 4.22. The lowest BCUT2D eigenvalue weighted by Gasteiger charge is -1.93. The van der Waals surface area contributed by atoms with Crippen LogP contribution in [0.5, 0.6) is 0 Å². The Balaban J connectivity index is 2.63. The number of halogens is 1. The highest BCUT2D eigenvalue weighted by atomic mass is 35.5. The van der Waals surface area contributed by atoms with Gasteiger partial charge in [-0.3, -0.25) is 0 Å². The molecule has 0 rings (SSSR count). The lowest BCUT2D eigenvalue weighted by atomic mass is 10.8. The largest absolute Gasteiger partial charge is 0.177 e. The van der Waals surface area contributed by atoms with Crippen LogP contribution in [0.4, 0.5) is 0 Å². The Morgan fingerprint density at radius 3 is 2.33 bits per heavy atom. The predicted molar refractivity (Wildman–Crippen MR) is 36.3 cm³/mol. The fourth-order valence-electron chi connectivity index (χ4n) is 0.0766. The van der Waals surface area contributed by atoms with Crippen LogP contribution in [0.15, 0.2) is 0 Å². The molecule has 2 radical (unpaired) electrons. The van der Waals surface area contributed by atoms with E-state index >= 15 is 0 Å². The summed E-state index contributed by atoms with van der Waals surface area (Å²) in [6, 6.07) is 0. The van der Waals surface area contributed by atoms with E-state index in [2.05, 4.69) is 0 Å².